The van der Waals surface area contributed by atoms with E-state index in [1.165, 1.54) is 0 Å². The van der Waals surface area contributed by atoms with Crippen molar-refractivity contribution in [2.75, 3.05) is 0 Å². The van der Waals surface area contributed by atoms with Crippen LogP contribution in [-0.2, 0) is 0 Å². The van der Waals surface area contributed by atoms with Crippen LogP contribution in [0.4, 0.5) is 0 Å². The van der Waals surface area contributed by atoms with Crippen molar-refractivity contribution < 1.29 is 0 Å². The van der Waals surface area contributed by atoms with E-state index in [9.17, 15) is 0 Å². The van der Waals surface area contributed by atoms with Crippen LogP contribution >= 0.6 is 0 Å². The standard InChI is InChI=1S/C2H8Se2/c1-4(2)3/h3-4H,1-2H3. The van der Waals surface area contributed by atoms with Crippen LogP contribution in [0.1, 0.15) is 0 Å². The van der Waals surface area contributed by atoms with Crippen LogP contribution in [0.2, 0.25) is 11.6 Å². The van der Waals surface area contributed by atoms with Gasteiger partial charge in [-0.25, -0.2) is 0 Å². The molecule has 0 spiro atoms. The summed E-state index contributed by atoms with van der Waals surface area (Å²) in [6.45, 7) is 0. The molecule has 0 fully saturated rings. The van der Waals surface area contributed by atoms with Crippen molar-refractivity contribution in [2.45, 2.75) is 11.6 Å². The number of rotatable bonds is 0. The Morgan fingerprint density at radius 2 is 1.50 bits per heavy atom. The van der Waals surface area contributed by atoms with Crippen LogP contribution in [0.25, 0.3) is 0 Å². The minimum absolute atomic E-state index is 0.250. The fraction of sp³-hybridized carbons (Fsp3) is 1.00. The molecule has 0 amide bonds. The van der Waals surface area contributed by atoms with Gasteiger partial charge in [-0.1, -0.05) is 0 Å². The predicted molar refractivity (Wildman–Crippen MR) is 26.0 cm³/mol. The van der Waals surface area contributed by atoms with Gasteiger partial charge in [0.15, 0.2) is 0 Å². The van der Waals surface area contributed by atoms with E-state index in [0.717, 1.165) is 0 Å². The van der Waals surface area contributed by atoms with Gasteiger partial charge in [-0.05, 0) is 0 Å². The summed E-state index contributed by atoms with van der Waals surface area (Å²) in [5.41, 5.74) is 0. The second kappa shape index (κ2) is 2.29. The average Bonchev–Trinajstić information content (AvgIpc) is 0.811. The van der Waals surface area contributed by atoms with Gasteiger partial charge < -0.3 is 0 Å². The van der Waals surface area contributed by atoms with Gasteiger partial charge in [0, 0.05) is 0 Å². The molecule has 0 aromatic heterocycles. The average molecular weight is 190 g/mol. The van der Waals surface area contributed by atoms with Crippen LogP contribution in [0.5, 0.6) is 0 Å². The van der Waals surface area contributed by atoms with E-state index in [4.69, 9.17) is 0 Å². The minimum atomic E-state index is -0.250. The third-order valence-corrected chi connectivity index (χ3v) is 0. The van der Waals surface area contributed by atoms with Gasteiger partial charge in [0.1, 0.15) is 0 Å². The zero-order valence-electron chi connectivity index (χ0n) is 2.89. The fourth-order valence-electron chi connectivity index (χ4n) is 0. The molecular weight excluding hydrogens is 182 g/mol. The van der Waals surface area contributed by atoms with Crippen molar-refractivity contribution >= 4 is 26.3 Å². The third kappa shape index (κ3) is 11.7. The first-order valence-electron chi connectivity index (χ1n) is 1.09. The quantitative estimate of drug-likeness (QED) is 0.467. The second-order valence-electron chi connectivity index (χ2n) is 0.847. The van der Waals surface area contributed by atoms with Crippen molar-refractivity contribution in [1.29, 1.82) is 0 Å². The molecule has 0 nitrogen and oxygen atoms in total. The Hall–Kier alpha value is 1.04. The molecule has 0 heterocycles. The van der Waals surface area contributed by atoms with E-state index in [1.807, 2.05) is 0 Å². The SMILES string of the molecule is C[SeH](C)[SeH]. The van der Waals surface area contributed by atoms with E-state index in [-0.39, 0.29) is 12.1 Å². The molecule has 0 bridgehead atoms. The normalized spacial score (nSPS) is 11.2. The van der Waals surface area contributed by atoms with E-state index in [1.54, 1.807) is 0 Å². The maximum atomic E-state index is 2.68. The Bertz CT molecular complexity index is 8.75. The van der Waals surface area contributed by atoms with Crippen LogP contribution in [0.15, 0.2) is 0 Å². The first-order chi connectivity index (χ1) is 1.73. The summed E-state index contributed by atoms with van der Waals surface area (Å²) in [4.78, 5) is 0. The molecule has 0 N–H and O–H groups in total. The van der Waals surface area contributed by atoms with Crippen molar-refractivity contribution in [3.05, 3.63) is 0 Å². The topological polar surface area (TPSA) is 0 Å². The van der Waals surface area contributed by atoms with E-state index in [2.05, 4.69) is 25.8 Å². The van der Waals surface area contributed by atoms with Crippen molar-refractivity contribution in [3.8, 4) is 0 Å². The number of hydrogen-bond donors (Lipinski definition) is 0. The Morgan fingerprint density at radius 3 is 1.50 bits per heavy atom. The first kappa shape index (κ1) is 5.04. The van der Waals surface area contributed by atoms with Crippen LogP contribution in [0, 0.1) is 0 Å². The third-order valence-electron chi connectivity index (χ3n) is 0. The van der Waals surface area contributed by atoms with Gasteiger partial charge in [0.25, 0.3) is 0 Å². The molecule has 0 unspecified atom stereocenters. The summed E-state index contributed by atoms with van der Waals surface area (Å²) in [6.07, 6.45) is 0. The molecule has 0 rings (SSSR count). The molecular formula is C2H8Se2. The molecule has 4 heavy (non-hydrogen) atoms. The molecule has 0 aliphatic rings. The number of hydrogen-bond acceptors (Lipinski definition) is 0. The van der Waals surface area contributed by atoms with Crippen molar-refractivity contribution in [1.82, 2.24) is 0 Å². The zero-order chi connectivity index (χ0) is 3.58. The molecule has 2 heteroatoms. The fourth-order valence-corrected chi connectivity index (χ4v) is 0. The van der Waals surface area contributed by atoms with E-state index in [0.29, 0.717) is 0 Å². The Labute approximate surface area is 38.2 Å². The van der Waals surface area contributed by atoms with Crippen LogP contribution in [-0.4, -0.2) is 26.3 Å². The molecule has 0 aromatic rings. The molecule has 0 atom stereocenters. The summed E-state index contributed by atoms with van der Waals surface area (Å²) in [5.74, 6) is 4.57. The van der Waals surface area contributed by atoms with Crippen LogP contribution < -0.4 is 0 Å². The summed E-state index contributed by atoms with van der Waals surface area (Å²) in [6, 6.07) is 0. The van der Waals surface area contributed by atoms with Gasteiger partial charge in [-0.15, -0.1) is 0 Å². The molecule has 0 saturated heterocycles. The van der Waals surface area contributed by atoms with E-state index >= 15 is 0 Å². The molecule has 0 saturated carbocycles. The molecule has 28 valence electrons. The zero-order valence-corrected chi connectivity index (χ0v) is 6.65. The van der Waals surface area contributed by atoms with Crippen LogP contribution in [0.3, 0.4) is 0 Å². The Kier molecular flexibility index (Phi) is 2.88. The summed E-state index contributed by atoms with van der Waals surface area (Å²) in [7, 11) is 0. The monoisotopic (exact) mass is 192 g/mol. The van der Waals surface area contributed by atoms with E-state index < -0.39 is 0 Å². The predicted octanol–water partition coefficient (Wildman–Crippen LogP) is -0.129. The van der Waals surface area contributed by atoms with Crippen molar-refractivity contribution in [2.24, 2.45) is 0 Å². The van der Waals surface area contributed by atoms with Gasteiger partial charge in [-0.2, -0.15) is 0 Å². The first-order valence-corrected chi connectivity index (χ1v) is 10.0. The Balaban J connectivity index is 2.32. The second-order valence-corrected chi connectivity index (χ2v) is 13.1. The Morgan fingerprint density at radius 1 is 1.50 bits per heavy atom. The molecule has 0 aliphatic heterocycles. The van der Waals surface area contributed by atoms with Gasteiger partial charge in [-0.3, -0.25) is 0 Å². The summed E-state index contributed by atoms with van der Waals surface area (Å²) < 4.78 is 0. The maximum absolute atomic E-state index is 2.68. The van der Waals surface area contributed by atoms with Gasteiger partial charge in [0.2, 0.25) is 0 Å². The molecule has 0 radical (unpaired) electrons. The van der Waals surface area contributed by atoms with Crippen molar-refractivity contribution in [3.63, 3.8) is 0 Å². The summed E-state index contributed by atoms with van der Waals surface area (Å²) >= 11 is 2.43. The molecule has 0 aliphatic carbocycles. The van der Waals surface area contributed by atoms with Gasteiger partial charge in [0.05, 0.1) is 0 Å². The van der Waals surface area contributed by atoms with Gasteiger partial charge >= 0.3 is 37.9 Å². The molecule has 0 aromatic carbocycles. The summed E-state index contributed by atoms with van der Waals surface area (Å²) in [5, 5.41) is 0.